The number of anilines is 5. The van der Waals surface area contributed by atoms with Crippen molar-refractivity contribution in [1.82, 2.24) is 15.0 Å². The second-order valence-corrected chi connectivity index (χ2v) is 8.35. The molecule has 8 heteroatoms. The summed E-state index contributed by atoms with van der Waals surface area (Å²) in [6.07, 6.45) is 1.53. The largest absolute Gasteiger partial charge is 0.367 e. The SMILES string of the molecule is CC(=O)Nc1cccc(Nc2ncnc(N3CCN(c4ccccc4-c4ccccc4)CC3)n2)c1. The quantitative estimate of drug-likeness (QED) is 0.431. The zero-order valence-corrected chi connectivity index (χ0v) is 19.6. The highest BCUT2D eigenvalue weighted by Gasteiger charge is 2.21. The number of amides is 1. The van der Waals surface area contributed by atoms with E-state index >= 15 is 0 Å². The number of benzene rings is 3. The van der Waals surface area contributed by atoms with Crippen LogP contribution in [0.3, 0.4) is 0 Å². The first-order valence-electron chi connectivity index (χ1n) is 11.6. The molecule has 0 aliphatic carbocycles. The number of hydrogen-bond acceptors (Lipinski definition) is 7. The van der Waals surface area contributed by atoms with Crippen molar-refractivity contribution in [2.75, 3.05) is 46.6 Å². The van der Waals surface area contributed by atoms with Crippen LogP contribution in [-0.4, -0.2) is 47.0 Å². The lowest BCUT2D eigenvalue weighted by atomic mass is 10.0. The molecule has 2 N–H and O–H groups in total. The molecule has 0 bridgehead atoms. The Labute approximate surface area is 204 Å². The number of aromatic nitrogens is 3. The van der Waals surface area contributed by atoms with Gasteiger partial charge in [0.1, 0.15) is 6.33 Å². The molecule has 2 heterocycles. The van der Waals surface area contributed by atoms with E-state index in [1.807, 2.05) is 30.3 Å². The van der Waals surface area contributed by atoms with Crippen LogP contribution in [0.1, 0.15) is 6.92 Å². The first-order valence-corrected chi connectivity index (χ1v) is 11.6. The van der Waals surface area contributed by atoms with E-state index in [0.29, 0.717) is 17.6 Å². The van der Waals surface area contributed by atoms with E-state index in [4.69, 9.17) is 0 Å². The zero-order valence-electron chi connectivity index (χ0n) is 19.6. The van der Waals surface area contributed by atoms with E-state index in [1.165, 1.54) is 30.1 Å². The smallest absolute Gasteiger partial charge is 0.231 e. The summed E-state index contributed by atoms with van der Waals surface area (Å²) in [5.41, 5.74) is 5.21. The number of hydrogen-bond donors (Lipinski definition) is 2. The summed E-state index contributed by atoms with van der Waals surface area (Å²) in [5, 5.41) is 5.99. The van der Waals surface area contributed by atoms with Crippen molar-refractivity contribution < 1.29 is 4.79 Å². The molecule has 5 rings (SSSR count). The van der Waals surface area contributed by atoms with E-state index in [-0.39, 0.29) is 5.91 Å². The van der Waals surface area contributed by atoms with Gasteiger partial charge in [-0.05, 0) is 29.8 Å². The first kappa shape index (κ1) is 22.3. The molecule has 0 radical (unpaired) electrons. The summed E-state index contributed by atoms with van der Waals surface area (Å²) in [4.78, 5) is 29.3. The Hall–Kier alpha value is -4.46. The van der Waals surface area contributed by atoms with E-state index in [2.05, 4.69) is 83.9 Å². The van der Waals surface area contributed by atoms with Crippen LogP contribution in [0, 0.1) is 0 Å². The van der Waals surface area contributed by atoms with Crippen LogP contribution in [0.5, 0.6) is 0 Å². The van der Waals surface area contributed by atoms with Gasteiger partial charge in [-0.25, -0.2) is 9.97 Å². The fourth-order valence-electron chi connectivity index (χ4n) is 4.27. The minimum absolute atomic E-state index is 0.116. The molecule has 35 heavy (non-hydrogen) atoms. The molecule has 1 aromatic heterocycles. The Kier molecular flexibility index (Phi) is 6.52. The highest BCUT2D eigenvalue weighted by molar-refractivity contribution is 5.89. The van der Waals surface area contributed by atoms with Gasteiger partial charge in [-0.15, -0.1) is 0 Å². The maximum Gasteiger partial charge on any atom is 0.231 e. The second-order valence-electron chi connectivity index (χ2n) is 8.35. The monoisotopic (exact) mass is 465 g/mol. The van der Waals surface area contributed by atoms with Crippen LogP contribution in [0.4, 0.5) is 29.0 Å². The third kappa shape index (κ3) is 5.38. The number of para-hydroxylation sites is 1. The van der Waals surface area contributed by atoms with Gasteiger partial charge in [-0.2, -0.15) is 4.98 Å². The predicted octanol–water partition coefficient (Wildman–Crippen LogP) is 4.57. The van der Waals surface area contributed by atoms with Gasteiger partial charge in [0.25, 0.3) is 0 Å². The van der Waals surface area contributed by atoms with E-state index in [9.17, 15) is 4.79 Å². The molecule has 0 atom stereocenters. The Bertz CT molecular complexity index is 1300. The number of nitrogens with zero attached hydrogens (tertiary/aromatic N) is 5. The van der Waals surface area contributed by atoms with Crippen molar-refractivity contribution in [2.24, 2.45) is 0 Å². The van der Waals surface area contributed by atoms with Crippen LogP contribution in [-0.2, 0) is 4.79 Å². The topological polar surface area (TPSA) is 86.3 Å². The van der Waals surface area contributed by atoms with Crippen LogP contribution in [0.2, 0.25) is 0 Å². The molecule has 0 saturated carbocycles. The Morgan fingerprint density at radius 3 is 2.31 bits per heavy atom. The van der Waals surface area contributed by atoms with Gasteiger partial charge in [0, 0.05) is 55.7 Å². The minimum atomic E-state index is -0.116. The van der Waals surface area contributed by atoms with Gasteiger partial charge in [0.2, 0.25) is 17.8 Å². The molecule has 8 nitrogen and oxygen atoms in total. The molecule has 1 saturated heterocycles. The molecule has 1 amide bonds. The number of carbonyl (C=O) groups excluding carboxylic acids is 1. The number of rotatable bonds is 6. The average molecular weight is 466 g/mol. The van der Waals surface area contributed by atoms with Gasteiger partial charge in [0.15, 0.2) is 0 Å². The number of nitrogens with one attached hydrogen (secondary N) is 2. The van der Waals surface area contributed by atoms with Crippen molar-refractivity contribution in [2.45, 2.75) is 6.92 Å². The van der Waals surface area contributed by atoms with Crippen LogP contribution >= 0.6 is 0 Å². The lowest BCUT2D eigenvalue weighted by molar-refractivity contribution is -0.114. The summed E-state index contributed by atoms with van der Waals surface area (Å²) in [7, 11) is 0. The zero-order chi connectivity index (χ0) is 24.0. The molecule has 0 unspecified atom stereocenters. The Morgan fingerprint density at radius 2 is 1.51 bits per heavy atom. The lowest BCUT2D eigenvalue weighted by Gasteiger charge is -2.37. The van der Waals surface area contributed by atoms with Gasteiger partial charge < -0.3 is 20.4 Å². The summed E-state index contributed by atoms with van der Waals surface area (Å²) in [5.74, 6) is 0.999. The first-order chi connectivity index (χ1) is 17.2. The lowest BCUT2D eigenvalue weighted by Crippen LogP contribution is -2.47. The Balaban J connectivity index is 1.27. The van der Waals surface area contributed by atoms with Crippen molar-refractivity contribution in [3.8, 4) is 11.1 Å². The molecule has 176 valence electrons. The van der Waals surface area contributed by atoms with Crippen LogP contribution in [0.25, 0.3) is 11.1 Å². The van der Waals surface area contributed by atoms with Crippen molar-refractivity contribution in [3.63, 3.8) is 0 Å². The number of carbonyl (C=O) groups is 1. The van der Waals surface area contributed by atoms with Crippen molar-refractivity contribution in [1.29, 1.82) is 0 Å². The highest BCUT2D eigenvalue weighted by Crippen LogP contribution is 2.31. The summed E-state index contributed by atoms with van der Waals surface area (Å²) in [6.45, 7) is 4.85. The number of piperazine rings is 1. The van der Waals surface area contributed by atoms with Crippen molar-refractivity contribution in [3.05, 3.63) is 85.2 Å². The second kappa shape index (κ2) is 10.2. The van der Waals surface area contributed by atoms with Crippen molar-refractivity contribution >= 4 is 34.9 Å². The van der Waals surface area contributed by atoms with Gasteiger partial charge in [-0.1, -0.05) is 54.6 Å². The molecular formula is C27H27N7O. The minimum Gasteiger partial charge on any atom is -0.367 e. The maximum absolute atomic E-state index is 11.3. The summed E-state index contributed by atoms with van der Waals surface area (Å²) < 4.78 is 0. The molecule has 1 fully saturated rings. The van der Waals surface area contributed by atoms with Gasteiger partial charge in [0.05, 0.1) is 0 Å². The van der Waals surface area contributed by atoms with E-state index in [1.54, 1.807) is 0 Å². The maximum atomic E-state index is 11.3. The van der Waals surface area contributed by atoms with Crippen LogP contribution < -0.4 is 20.4 Å². The van der Waals surface area contributed by atoms with Gasteiger partial charge in [-0.3, -0.25) is 4.79 Å². The summed E-state index contributed by atoms with van der Waals surface area (Å²) in [6, 6.07) is 26.5. The molecule has 1 aliphatic heterocycles. The van der Waals surface area contributed by atoms with E-state index in [0.717, 1.165) is 31.9 Å². The third-order valence-electron chi connectivity index (χ3n) is 5.89. The molecular weight excluding hydrogens is 438 g/mol. The Morgan fingerprint density at radius 1 is 0.800 bits per heavy atom. The third-order valence-corrected chi connectivity index (χ3v) is 5.89. The van der Waals surface area contributed by atoms with Gasteiger partial charge >= 0.3 is 0 Å². The molecule has 0 spiro atoms. The fraction of sp³-hybridized carbons (Fsp3) is 0.185. The fourth-order valence-corrected chi connectivity index (χ4v) is 4.27. The normalized spacial score (nSPS) is 13.4. The summed E-state index contributed by atoms with van der Waals surface area (Å²) >= 11 is 0. The van der Waals surface area contributed by atoms with E-state index < -0.39 is 0 Å². The standard InChI is InChI=1S/C27H27N7O/c1-20(35)30-22-10-7-11-23(18-22)31-26-28-19-29-27(32-26)34-16-14-33(15-17-34)25-13-6-5-12-24(25)21-8-3-2-4-9-21/h2-13,18-19H,14-17H2,1H3,(H,30,35)(H,28,29,31,32). The van der Waals surface area contributed by atoms with Crippen LogP contribution in [0.15, 0.2) is 85.2 Å². The highest BCUT2D eigenvalue weighted by atomic mass is 16.1. The average Bonchev–Trinajstić information content (AvgIpc) is 2.89. The molecule has 4 aromatic rings. The predicted molar refractivity (Wildman–Crippen MR) is 140 cm³/mol. The molecule has 1 aliphatic rings. The molecule has 3 aromatic carbocycles.